The van der Waals surface area contributed by atoms with Crippen LogP contribution in [0.5, 0.6) is 0 Å². The molecule has 0 spiro atoms. The first-order valence-electron chi connectivity index (χ1n) is 5.50. The van der Waals surface area contributed by atoms with Gasteiger partial charge in [-0.3, -0.25) is 4.79 Å². The third-order valence-corrected chi connectivity index (χ3v) is 2.48. The van der Waals surface area contributed by atoms with Crippen LogP contribution in [0.1, 0.15) is 26.7 Å². The Morgan fingerprint density at radius 1 is 1.53 bits per heavy atom. The fourth-order valence-corrected chi connectivity index (χ4v) is 1.52. The minimum absolute atomic E-state index is 0.0137. The van der Waals surface area contributed by atoms with Crippen LogP contribution in [-0.2, 0) is 19.1 Å². The van der Waals surface area contributed by atoms with Crippen LogP contribution in [0.2, 0.25) is 0 Å². The van der Waals surface area contributed by atoms with Crippen molar-refractivity contribution in [2.24, 2.45) is 0 Å². The number of aliphatic carboxylic acids is 1. The Morgan fingerprint density at radius 3 is 2.71 bits per heavy atom. The zero-order valence-electron chi connectivity index (χ0n) is 9.99. The van der Waals surface area contributed by atoms with Crippen LogP contribution in [0, 0.1) is 0 Å². The third kappa shape index (κ3) is 3.37. The van der Waals surface area contributed by atoms with Gasteiger partial charge in [0, 0.05) is 0 Å². The number of rotatable bonds is 5. The molecule has 0 saturated heterocycles. The van der Waals surface area contributed by atoms with Gasteiger partial charge in [-0.2, -0.15) is 0 Å². The molecule has 17 heavy (non-hydrogen) atoms. The largest absolute Gasteiger partial charge is 0.494 e. The quantitative estimate of drug-likeness (QED) is 0.740. The molecule has 0 radical (unpaired) electrons. The molecule has 0 bridgehead atoms. The van der Waals surface area contributed by atoms with E-state index < -0.39 is 17.4 Å². The summed E-state index contributed by atoms with van der Waals surface area (Å²) in [7, 11) is 0. The van der Waals surface area contributed by atoms with Gasteiger partial charge >= 0.3 is 5.97 Å². The summed E-state index contributed by atoms with van der Waals surface area (Å²) in [6.07, 6.45) is 2.20. The number of carboxylic acids is 1. The third-order valence-electron chi connectivity index (χ3n) is 2.48. The standard InChI is InChI=1S/C11H17NO5/c1-3-4-11(2,10(14)15)12-9(13)8-7-16-5-6-17-8/h7H,3-6H2,1-2H3,(H,12,13)(H,14,15). The normalized spacial score (nSPS) is 18.1. The molecule has 6 nitrogen and oxygen atoms in total. The molecule has 0 aliphatic carbocycles. The topological polar surface area (TPSA) is 84.9 Å². The minimum atomic E-state index is -1.28. The van der Waals surface area contributed by atoms with Gasteiger partial charge in [0.25, 0.3) is 5.91 Å². The molecule has 0 aromatic rings. The van der Waals surface area contributed by atoms with Crippen LogP contribution >= 0.6 is 0 Å². The molecule has 1 heterocycles. The predicted octanol–water partition coefficient (Wildman–Crippen LogP) is 0.634. The van der Waals surface area contributed by atoms with Crippen molar-refractivity contribution in [3.8, 4) is 0 Å². The van der Waals surface area contributed by atoms with Gasteiger partial charge in [-0.15, -0.1) is 0 Å². The first-order chi connectivity index (χ1) is 7.99. The predicted molar refractivity (Wildman–Crippen MR) is 59.1 cm³/mol. The SMILES string of the molecule is CCCC(C)(NC(=O)C1=COCCO1)C(=O)O. The Labute approximate surface area is 99.6 Å². The molecule has 1 amide bonds. The van der Waals surface area contributed by atoms with Gasteiger partial charge in [0.15, 0.2) is 0 Å². The fourth-order valence-electron chi connectivity index (χ4n) is 1.52. The fraction of sp³-hybridized carbons (Fsp3) is 0.636. The van der Waals surface area contributed by atoms with E-state index >= 15 is 0 Å². The van der Waals surface area contributed by atoms with Crippen LogP contribution in [-0.4, -0.2) is 35.7 Å². The summed E-state index contributed by atoms with van der Waals surface area (Å²) in [5, 5.41) is 11.6. The highest BCUT2D eigenvalue weighted by atomic mass is 16.6. The van der Waals surface area contributed by atoms with Crippen molar-refractivity contribution in [3.05, 3.63) is 12.0 Å². The zero-order valence-corrected chi connectivity index (χ0v) is 9.99. The molecule has 0 aromatic heterocycles. The van der Waals surface area contributed by atoms with Gasteiger partial charge in [-0.05, 0) is 13.3 Å². The number of carbonyl (C=O) groups is 2. The van der Waals surface area contributed by atoms with Crippen molar-refractivity contribution < 1.29 is 24.2 Å². The number of carbonyl (C=O) groups excluding carboxylic acids is 1. The molecule has 96 valence electrons. The van der Waals surface area contributed by atoms with Gasteiger partial charge in [0.1, 0.15) is 25.0 Å². The second kappa shape index (κ2) is 5.56. The van der Waals surface area contributed by atoms with E-state index in [-0.39, 0.29) is 12.4 Å². The maximum atomic E-state index is 11.7. The molecule has 1 aliphatic rings. The number of hydrogen-bond acceptors (Lipinski definition) is 4. The molecule has 0 fully saturated rings. The summed E-state index contributed by atoms with van der Waals surface area (Å²) in [4.78, 5) is 22.9. The second-order valence-electron chi connectivity index (χ2n) is 4.04. The lowest BCUT2D eigenvalue weighted by atomic mass is 9.96. The maximum Gasteiger partial charge on any atom is 0.329 e. The van der Waals surface area contributed by atoms with E-state index in [2.05, 4.69) is 5.32 Å². The van der Waals surface area contributed by atoms with Crippen molar-refractivity contribution >= 4 is 11.9 Å². The molecular weight excluding hydrogens is 226 g/mol. The Bertz CT molecular complexity index is 339. The molecule has 1 atom stereocenters. The summed E-state index contributed by atoms with van der Waals surface area (Å²) in [6, 6.07) is 0. The molecular formula is C11H17NO5. The molecule has 1 unspecified atom stereocenters. The minimum Gasteiger partial charge on any atom is -0.494 e. The van der Waals surface area contributed by atoms with Crippen molar-refractivity contribution in [1.82, 2.24) is 5.32 Å². The van der Waals surface area contributed by atoms with E-state index in [1.54, 1.807) is 0 Å². The molecule has 0 aromatic carbocycles. The number of hydrogen-bond donors (Lipinski definition) is 2. The van der Waals surface area contributed by atoms with Crippen LogP contribution in [0.4, 0.5) is 0 Å². The van der Waals surface area contributed by atoms with Crippen molar-refractivity contribution in [1.29, 1.82) is 0 Å². The van der Waals surface area contributed by atoms with E-state index in [4.69, 9.17) is 14.6 Å². The lowest BCUT2D eigenvalue weighted by molar-refractivity contribution is -0.147. The molecule has 6 heteroatoms. The van der Waals surface area contributed by atoms with Gasteiger partial charge in [-0.25, -0.2) is 4.79 Å². The van der Waals surface area contributed by atoms with Gasteiger partial charge in [0.2, 0.25) is 5.76 Å². The smallest absolute Gasteiger partial charge is 0.329 e. The zero-order chi connectivity index (χ0) is 12.9. The number of ether oxygens (including phenoxy) is 2. The second-order valence-corrected chi connectivity index (χ2v) is 4.04. The van der Waals surface area contributed by atoms with Crippen LogP contribution in [0.15, 0.2) is 12.0 Å². The number of carboxylic acid groups (broad SMARTS) is 1. The summed E-state index contributed by atoms with van der Waals surface area (Å²) < 4.78 is 10.0. The Hall–Kier alpha value is -1.72. The molecule has 2 N–H and O–H groups in total. The van der Waals surface area contributed by atoms with Crippen LogP contribution < -0.4 is 5.32 Å². The number of nitrogens with one attached hydrogen (secondary N) is 1. The molecule has 0 saturated carbocycles. The summed E-state index contributed by atoms with van der Waals surface area (Å²) >= 11 is 0. The summed E-state index contributed by atoms with van der Waals surface area (Å²) in [6.45, 7) is 4.01. The van der Waals surface area contributed by atoms with E-state index in [0.717, 1.165) is 0 Å². The Morgan fingerprint density at radius 2 is 2.24 bits per heavy atom. The van der Waals surface area contributed by atoms with E-state index in [1.165, 1.54) is 13.2 Å². The highest BCUT2D eigenvalue weighted by Crippen LogP contribution is 2.14. The van der Waals surface area contributed by atoms with Gasteiger partial charge in [-0.1, -0.05) is 13.3 Å². The highest BCUT2D eigenvalue weighted by Gasteiger charge is 2.35. The van der Waals surface area contributed by atoms with E-state index in [9.17, 15) is 9.59 Å². The van der Waals surface area contributed by atoms with E-state index in [0.29, 0.717) is 19.4 Å². The lowest BCUT2D eigenvalue weighted by Crippen LogP contribution is -2.52. The lowest BCUT2D eigenvalue weighted by Gasteiger charge is -2.26. The monoisotopic (exact) mass is 243 g/mol. The molecule has 1 rings (SSSR count). The highest BCUT2D eigenvalue weighted by molar-refractivity contribution is 5.95. The summed E-state index contributed by atoms with van der Waals surface area (Å²) in [5.41, 5.74) is -1.28. The maximum absolute atomic E-state index is 11.7. The first-order valence-corrected chi connectivity index (χ1v) is 5.50. The average molecular weight is 243 g/mol. The Kier molecular flexibility index (Phi) is 4.37. The average Bonchev–Trinajstić information content (AvgIpc) is 2.30. The van der Waals surface area contributed by atoms with Crippen molar-refractivity contribution in [3.63, 3.8) is 0 Å². The van der Waals surface area contributed by atoms with Crippen LogP contribution in [0.25, 0.3) is 0 Å². The van der Waals surface area contributed by atoms with E-state index in [1.807, 2.05) is 6.92 Å². The van der Waals surface area contributed by atoms with Crippen molar-refractivity contribution in [2.45, 2.75) is 32.2 Å². The van der Waals surface area contributed by atoms with Gasteiger partial charge in [0.05, 0.1) is 0 Å². The molecule has 1 aliphatic heterocycles. The van der Waals surface area contributed by atoms with Crippen molar-refractivity contribution in [2.75, 3.05) is 13.2 Å². The van der Waals surface area contributed by atoms with Gasteiger partial charge < -0.3 is 19.9 Å². The summed E-state index contributed by atoms with van der Waals surface area (Å²) in [5.74, 6) is -1.62. The first kappa shape index (κ1) is 13.3. The number of amides is 1. The Balaban J connectivity index is 2.70. The van der Waals surface area contributed by atoms with Crippen LogP contribution in [0.3, 0.4) is 0 Å².